The molecule has 3 heteroatoms. The van der Waals surface area contributed by atoms with Crippen LogP contribution in [0.25, 0.3) is 0 Å². The third-order valence-corrected chi connectivity index (χ3v) is 3.96. The number of rotatable bonds is 5. The van der Waals surface area contributed by atoms with Gasteiger partial charge in [-0.2, -0.15) is 0 Å². The molecule has 1 amide bonds. The van der Waals surface area contributed by atoms with Crippen molar-refractivity contribution in [3.05, 3.63) is 29.3 Å². The molecule has 0 aliphatic carbocycles. The molecule has 3 nitrogen and oxygen atoms in total. The number of nitrogens with one attached hydrogen (secondary N) is 2. The molecule has 0 aliphatic heterocycles. The number of benzene rings is 1. The van der Waals surface area contributed by atoms with Gasteiger partial charge in [0.15, 0.2) is 0 Å². The van der Waals surface area contributed by atoms with Gasteiger partial charge in [-0.3, -0.25) is 4.79 Å². The van der Waals surface area contributed by atoms with Crippen molar-refractivity contribution in [2.45, 2.75) is 34.6 Å². The number of amides is 1. The predicted molar refractivity (Wildman–Crippen MR) is 81.7 cm³/mol. The first-order valence-electron chi connectivity index (χ1n) is 6.84. The fourth-order valence-electron chi connectivity index (χ4n) is 1.67. The van der Waals surface area contributed by atoms with E-state index >= 15 is 0 Å². The van der Waals surface area contributed by atoms with Crippen LogP contribution in [-0.2, 0) is 0 Å². The van der Waals surface area contributed by atoms with E-state index in [0.29, 0.717) is 18.0 Å². The predicted octanol–water partition coefficient (Wildman–Crippen LogP) is 3.45. The molecule has 1 aromatic rings. The first-order valence-corrected chi connectivity index (χ1v) is 6.84. The monoisotopic (exact) mass is 262 g/mol. The smallest absolute Gasteiger partial charge is 0.253 e. The number of aryl methyl sites for hydroxylation is 1. The van der Waals surface area contributed by atoms with E-state index in [1.165, 1.54) is 0 Å². The molecule has 0 heterocycles. The van der Waals surface area contributed by atoms with Crippen LogP contribution in [0.5, 0.6) is 0 Å². The minimum Gasteiger partial charge on any atom is -0.387 e. The highest BCUT2D eigenvalue weighted by atomic mass is 16.1. The van der Waals surface area contributed by atoms with Gasteiger partial charge < -0.3 is 10.6 Å². The Morgan fingerprint density at radius 2 is 1.95 bits per heavy atom. The molecule has 0 fully saturated rings. The Bertz CT molecular complexity index is 450. The summed E-state index contributed by atoms with van der Waals surface area (Å²) in [5.41, 5.74) is 2.76. The summed E-state index contributed by atoms with van der Waals surface area (Å²) < 4.78 is 0. The molecule has 1 rings (SSSR count). The third-order valence-electron chi connectivity index (χ3n) is 3.96. The third kappa shape index (κ3) is 3.98. The molecule has 0 saturated heterocycles. The number of hydrogen-bond donors (Lipinski definition) is 2. The van der Waals surface area contributed by atoms with Crippen molar-refractivity contribution in [2.75, 3.05) is 18.9 Å². The van der Waals surface area contributed by atoms with Crippen LogP contribution in [0.1, 0.15) is 43.6 Å². The van der Waals surface area contributed by atoms with Crippen LogP contribution in [0.15, 0.2) is 18.2 Å². The van der Waals surface area contributed by atoms with E-state index in [9.17, 15) is 4.79 Å². The zero-order chi connectivity index (χ0) is 14.6. The average molecular weight is 262 g/mol. The Hall–Kier alpha value is -1.51. The summed E-state index contributed by atoms with van der Waals surface area (Å²) >= 11 is 0. The molecule has 0 spiro atoms. The SMILES string of the molecule is CNc1ccc(C)cc1C(=O)NCC(C)(C)C(C)C. The van der Waals surface area contributed by atoms with Gasteiger partial charge in [0.05, 0.1) is 5.56 Å². The second-order valence-corrected chi connectivity index (χ2v) is 6.12. The highest BCUT2D eigenvalue weighted by Crippen LogP contribution is 2.25. The average Bonchev–Trinajstić information content (AvgIpc) is 2.35. The van der Waals surface area contributed by atoms with Gasteiger partial charge in [-0.1, -0.05) is 39.3 Å². The second kappa shape index (κ2) is 6.09. The molecule has 0 atom stereocenters. The lowest BCUT2D eigenvalue weighted by Gasteiger charge is -2.29. The molecule has 0 radical (unpaired) electrons. The fourth-order valence-corrected chi connectivity index (χ4v) is 1.67. The van der Waals surface area contributed by atoms with E-state index in [4.69, 9.17) is 0 Å². The highest BCUT2D eigenvalue weighted by molar-refractivity contribution is 5.99. The Balaban J connectivity index is 2.82. The van der Waals surface area contributed by atoms with Gasteiger partial charge in [0.2, 0.25) is 0 Å². The molecule has 19 heavy (non-hydrogen) atoms. The van der Waals surface area contributed by atoms with Crippen molar-refractivity contribution in [3.63, 3.8) is 0 Å². The zero-order valence-electron chi connectivity index (χ0n) is 12.9. The van der Waals surface area contributed by atoms with Crippen LogP contribution in [0.3, 0.4) is 0 Å². The summed E-state index contributed by atoms with van der Waals surface area (Å²) in [7, 11) is 1.83. The summed E-state index contributed by atoms with van der Waals surface area (Å²) in [6.45, 7) is 11.4. The van der Waals surface area contributed by atoms with Crippen molar-refractivity contribution in [1.29, 1.82) is 0 Å². The molecule has 0 aromatic heterocycles. The summed E-state index contributed by atoms with van der Waals surface area (Å²) in [5.74, 6) is 0.510. The molecule has 0 bridgehead atoms. The molecule has 106 valence electrons. The lowest BCUT2D eigenvalue weighted by atomic mass is 9.81. The lowest BCUT2D eigenvalue weighted by molar-refractivity contribution is 0.0925. The van der Waals surface area contributed by atoms with E-state index < -0.39 is 0 Å². The van der Waals surface area contributed by atoms with Crippen molar-refractivity contribution in [1.82, 2.24) is 5.32 Å². The normalized spacial score (nSPS) is 11.5. The quantitative estimate of drug-likeness (QED) is 0.853. The summed E-state index contributed by atoms with van der Waals surface area (Å²) in [6.07, 6.45) is 0. The van der Waals surface area contributed by atoms with Crippen LogP contribution in [0.4, 0.5) is 5.69 Å². The van der Waals surface area contributed by atoms with Gasteiger partial charge in [0.25, 0.3) is 5.91 Å². The minimum absolute atomic E-state index is 0.0122. The van der Waals surface area contributed by atoms with Crippen molar-refractivity contribution >= 4 is 11.6 Å². The van der Waals surface area contributed by atoms with Crippen LogP contribution < -0.4 is 10.6 Å². The summed E-state index contributed by atoms with van der Waals surface area (Å²) in [5, 5.41) is 6.11. The molecule has 1 aromatic carbocycles. The van der Waals surface area contributed by atoms with Crippen LogP contribution >= 0.6 is 0 Å². The largest absolute Gasteiger partial charge is 0.387 e. The zero-order valence-corrected chi connectivity index (χ0v) is 12.9. The number of carbonyl (C=O) groups excluding carboxylic acids is 1. The Morgan fingerprint density at radius 3 is 2.47 bits per heavy atom. The fraction of sp³-hybridized carbons (Fsp3) is 0.562. The van der Waals surface area contributed by atoms with Crippen LogP contribution in [0.2, 0.25) is 0 Å². The van der Waals surface area contributed by atoms with E-state index in [2.05, 4.69) is 38.3 Å². The van der Waals surface area contributed by atoms with E-state index in [1.54, 1.807) is 0 Å². The van der Waals surface area contributed by atoms with E-state index in [1.807, 2.05) is 32.2 Å². The highest BCUT2D eigenvalue weighted by Gasteiger charge is 2.23. The molecule has 2 N–H and O–H groups in total. The summed E-state index contributed by atoms with van der Waals surface area (Å²) in [6, 6.07) is 5.86. The standard InChI is InChI=1S/C16H26N2O/c1-11(2)16(4,5)10-18-15(19)13-9-12(3)7-8-14(13)17-6/h7-9,11,17H,10H2,1-6H3,(H,18,19). The maximum Gasteiger partial charge on any atom is 0.253 e. The van der Waals surface area contributed by atoms with Gasteiger partial charge >= 0.3 is 0 Å². The molecule has 0 unspecified atom stereocenters. The Labute approximate surface area is 116 Å². The van der Waals surface area contributed by atoms with Gasteiger partial charge in [-0.25, -0.2) is 0 Å². The molecular weight excluding hydrogens is 236 g/mol. The maximum atomic E-state index is 12.3. The second-order valence-electron chi connectivity index (χ2n) is 6.12. The van der Waals surface area contributed by atoms with Crippen LogP contribution in [-0.4, -0.2) is 19.5 Å². The first kappa shape index (κ1) is 15.5. The Morgan fingerprint density at radius 1 is 1.32 bits per heavy atom. The Kier molecular flexibility index (Phi) is 4.98. The van der Waals surface area contributed by atoms with Crippen molar-refractivity contribution in [2.24, 2.45) is 11.3 Å². The lowest BCUT2D eigenvalue weighted by Crippen LogP contribution is -2.37. The molecular formula is C16H26N2O. The van der Waals surface area contributed by atoms with Gasteiger partial charge in [0, 0.05) is 19.3 Å². The topological polar surface area (TPSA) is 41.1 Å². The van der Waals surface area contributed by atoms with Gasteiger partial charge in [0.1, 0.15) is 0 Å². The van der Waals surface area contributed by atoms with Gasteiger partial charge in [-0.15, -0.1) is 0 Å². The summed E-state index contributed by atoms with van der Waals surface area (Å²) in [4.78, 5) is 12.3. The van der Waals surface area contributed by atoms with E-state index in [0.717, 1.165) is 11.3 Å². The molecule has 0 saturated carbocycles. The maximum absolute atomic E-state index is 12.3. The van der Waals surface area contributed by atoms with Crippen molar-refractivity contribution < 1.29 is 4.79 Å². The van der Waals surface area contributed by atoms with Crippen LogP contribution in [0, 0.1) is 18.3 Å². The number of anilines is 1. The number of carbonyl (C=O) groups is 1. The van der Waals surface area contributed by atoms with Gasteiger partial charge in [-0.05, 0) is 30.4 Å². The first-order chi connectivity index (χ1) is 8.77. The van der Waals surface area contributed by atoms with E-state index in [-0.39, 0.29) is 11.3 Å². The number of hydrogen-bond acceptors (Lipinski definition) is 2. The molecule has 0 aliphatic rings. The minimum atomic E-state index is -0.0122. The van der Waals surface area contributed by atoms with Crippen molar-refractivity contribution in [3.8, 4) is 0 Å².